The number of aliphatic imine (C=N–C) groups is 1. The monoisotopic (exact) mass is 1150 g/mol. The van der Waals surface area contributed by atoms with E-state index in [1.807, 2.05) is 63.2 Å². The van der Waals surface area contributed by atoms with Crippen molar-refractivity contribution < 1.29 is 62.8 Å². The molecular formula is C59H76ClN9O13. The number of carbonyl (C=O) groups is 8. The number of rotatable bonds is 30. The molecule has 23 heteroatoms. The van der Waals surface area contributed by atoms with Crippen molar-refractivity contribution in [3.05, 3.63) is 130 Å². The van der Waals surface area contributed by atoms with E-state index in [9.17, 15) is 43.5 Å². The summed E-state index contributed by atoms with van der Waals surface area (Å²) in [6.45, 7) is 10.1. The van der Waals surface area contributed by atoms with Crippen molar-refractivity contribution in [3.63, 3.8) is 0 Å². The van der Waals surface area contributed by atoms with E-state index in [0.717, 1.165) is 11.1 Å². The van der Waals surface area contributed by atoms with Gasteiger partial charge in [0.2, 0.25) is 17.7 Å². The molecule has 0 fully saturated rings. The molecule has 0 saturated heterocycles. The van der Waals surface area contributed by atoms with E-state index in [1.54, 1.807) is 73.3 Å². The Bertz CT molecular complexity index is 2840. The third kappa shape index (κ3) is 20.6. The first-order valence-electron chi connectivity index (χ1n) is 27.3. The van der Waals surface area contributed by atoms with Crippen LogP contribution in [0, 0.1) is 24.7 Å². The second-order valence-electron chi connectivity index (χ2n) is 20.5. The van der Waals surface area contributed by atoms with Crippen molar-refractivity contribution in [2.24, 2.45) is 28.5 Å². The fourth-order valence-corrected chi connectivity index (χ4v) is 9.13. The van der Waals surface area contributed by atoms with Gasteiger partial charge >= 0.3 is 18.2 Å². The Morgan fingerprint density at radius 1 is 0.768 bits per heavy atom. The van der Waals surface area contributed by atoms with Gasteiger partial charge in [0.1, 0.15) is 25.3 Å². The molecule has 0 saturated carbocycles. The highest BCUT2D eigenvalue weighted by molar-refractivity contribution is 6.31. The lowest BCUT2D eigenvalue weighted by atomic mass is 9.78. The van der Waals surface area contributed by atoms with Crippen molar-refractivity contribution in [2.45, 2.75) is 111 Å². The van der Waals surface area contributed by atoms with Gasteiger partial charge in [-0.1, -0.05) is 99.5 Å². The molecule has 1 heterocycles. The van der Waals surface area contributed by atoms with Crippen molar-refractivity contribution >= 4 is 76.3 Å². The molecule has 1 aliphatic heterocycles. The molecule has 10 N–H and O–H groups in total. The molecule has 4 aromatic rings. The lowest BCUT2D eigenvalue weighted by molar-refractivity contribution is -0.160. The number of halogens is 1. The topological polar surface area (TPSA) is 319 Å². The third-order valence-electron chi connectivity index (χ3n) is 13.2. The van der Waals surface area contributed by atoms with Crippen LogP contribution in [0.2, 0.25) is 5.02 Å². The number of hydrogen-bond donors (Lipinski definition) is 9. The van der Waals surface area contributed by atoms with Crippen LogP contribution in [-0.4, -0.2) is 138 Å². The third-order valence-corrected chi connectivity index (χ3v) is 13.4. The van der Waals surface area contributed by atoms with E-state index >= 15 is 0 Å². The van der Waals surface area contributed by atoms with Crippen LogP contribution in [0.15, 0.2) is 102 Å². The van der Waals surface area contributed by atoms with Crippen molar-refractivity contribution in [1.82, 2.24) is 31.5 Å². The minimum Gasteiger partial charge on any atom is -0.445 e. The first kappa shape index (κ1) is 64.9. The number of ketones is 1. The van der Waals surface area contributed by atoms with Gasteiger partial charge in [-0.15, -0.1) is 0 Å². The number of amides is 8. The molecule has 1 aliphatic rings. The fourth-order valence-electron chi connectivity index (χ4n) is 8.96. The minimum absolute atomic E-state index is 0.0674. The number of nitrogens with two attached hydrogens (primary N) is 1. The predicted molar refractivity (Wildman–Crippen MR) is 308 cm³/mol. The summed E-state index contributed by atoms with van der Waals surface area (Å²) in [5.41, 5.74) is 9.99. The number of anilines is 1. The molecule has 442 valence electrons. The van der Waals surface area contributed by atoms with Crippen LogP contribution >= 0.6 is 11.6 Å². The Morgan fingerprint density at radius 2 is 1.44 bits per heavy atom. The number of hydrogen-bond acceptors (Lipinski definition) is 14. The van der Waals surface area contributed by atoms with Crippen molar-refractivity contribution in [1.29, 1.82) is 0 Å². The van der Waals surface area contributed by atoms with Crippen LogP contribution in [0.25, 0.3) is 0 Å². The zero-order valence-corrected chi connectivity index (χ0v) is 47.8. The number of ether oxygens (including phenoxy) is 3. The standard InChI is InChI=1S/C59H76ClN9O13/c1-35(2)50(68-48(71)25-28-64-59(79)81-34-49(72)82-38(6)32-70)55(75)67-46(14-10-26-62-57(61)77)54(74)65-43-22-17-40(18-23-43)33-80-58(78)63-27-11-29-69(56(76)41-19-15-37(5)16-20-41)52(36(3)4)51-45(30-39-12-8-7-9-13-39)53(73)44-24-21-42(60)31-47(44)66-51/h7-9,12-13,15-24,31,35-36,38,45-46,49-50,52,70,72H,10-11,14,25-30,32-34H2,1-6H3,(H,63,78)(H,64,79)(H,65,74)(H,67,75)(H,68,71)(H3,61,62,77)/t38?,45?,46-,49?,50-,52-/m1/s1. The number of aliphatic hydroxyl groups excluding tert-OH is 2. The number of nitrogens with zero attached hydrogens (tertiary/aromatic N) is 2. The summed E-state index contributed by atoms with van der Waals surface area (Å²) in [6.07, 6.45) is -3.04. The highest BCUT2D eigenvalue weighted by Gasteiger charge is 2.41. The first-order chi connectivity index (χ1) is 39.1. The zero-order valence-electron chi connectivity index (χ0n) is 47.1. The van der Waals surface area contributed by atoms with E-state index in [-0.39, 0.29) is 76.3 Å². The normalized spacial score (nSPS) is 14.6. The predicted octanol–water partition coefficient (Wildman–Crippen LogP) is 6.10. The summed E-state index contributed by atoms with van der Waals surface area (Å²) < 4.78 is 15.4. The van der Waals surface area contributed by atoms with Crippen LogP contribution < -0.4 is 37.6 Å². The summed E-state index contributed by atoms with van der Waals surface area (Å²) in [5, 5.41) is 34.9. The molecule has 0 aromatic heterocycles. The minimum atomic E-state index is -1.47. The number of benzene rings is 4. The maximum absolute atomic E-state index is 14.6. The van der Waals surface area contributed by atoms with Gasteiger partial charge in [0.25, 0.3) is 5.91 Å². The van der Waals surface area contributed by atoms with E-state index in [4.69, 9.17) is 41.6 Å². The number of aliphatic hydroxyl groups is 2. The summed E-state index contributed by atoms with van der Waals surface area (Å²) in [5.74, 6) is -3.53. The largest absolute Gasteiger partial charge is 0.445 e. The Balaban J connectivity index is 1.18. The number of aryl methyl sites for hydroxylation is 1. The van der Waals surface area contributed by atoms with Gasteiger partial charge in [0, 0.05) is 54.4 Å². The SMILES string of the molecule is Cc1ccc(C(=O)N(CCCNC(=O)OCc2ccc(NC(=O)[C@@H](CCCNC(N)=O)NC(=O)[C@H](NC(=O)CCNC(=O)OCC(O)OC(C)CO)C(C)C)cc2)[C@@H](C2=Nc3cc(Cl)ccc3C(=O)C2Cc2ccccc2)C(C)C)cc1. The fraction of sp³-hybridized carbons (Fsp3) is 0.441. The lowest BCUT2D eigenvalue weighted by Gasteiger charge is -2.39. The number of Topliss-reactive ketones (excluding diaryl/α,β-unsaturated/α-hetero) is 1. The number of fused-ring (bicyclic) bond motifs is 1. The van der Waals surface area contributed by atoms with E-state index < -0.39 is 84.9 Å². The summed E-state index contributed by atoms with van der Waals surface area (Å²) >= 11 is 6.43. The van der Waals surface area contributed by atoms with E-state index in [0.29, 0.717) is 51.6 Å². The second-order valence-corrected chi connectivity index (χ2v) is 21.0. The Kier molecular flexibility index (Phi) is 25.7. The average molecular weight is 1150 g/mol. The molecule has 0 radical (unpaired) electrons. The van der Waals surface area contributed by atoms with E-state index in [1.165, 1.54) is 6.92 Å². The van der Waals surface area contributed by atoms with Gasteiger partial charge in [-0.2, -0.15) is 0 Å². The first-order valence-corrected chi connectivity index (χ1v) is 27.6. The van der Waals surface area contributed by atoms with Crippen LogP contribution in [0.4, 0.5) is 25.8 Å². The summed E-state index contributed by atoms with van der Waals surface area (Å²) in [4.78, 5) is 113. The summed E-state index contributed by atoms with van der Waals surface area (Å²) in [6, 6.07) is 24.8. The molecule has 22 nitrogen and oxygen atoms in total. The molecule has 0 aliphatic carbocycles. The molecule has 3 unspecified atom stereocenters. The van der Waals surface area contributed by atoms with Gasteiger partial charge < -0.3 is 67.0 Å². The van der Waals surface area contributed by atoms with Crippen LogP contribution in [0.1, 0.15) is 97.7 Å². The zero-order chi connectivity index (χ0) is 59.9. The molecule has 4 aromatic carbocycles. The highest BCUT2D eigenvalue weighted by atomic mass is 35.5. The molecule has 5 rings (SSSR count). The molecule has 0 spiro atoms. The van der Waals surface area contributed by atoms with Crippen LogP contribution in [-0.2, 0) is 41.6 Å². The highest BCUT2D eigenvalue weighted by Crippen LogP contribution is 2.36. The van der Waals surface area contributed by atoms with Gasteiger partial charge in [-0.3, -0.25) is 29.0 Å². The van der Waals surface area contributed by atoms with Crippen LogP contribution in [0.3, 0.4) is 0 Å². The van der Waals surface area contributed by atoms with Crippen molar-refractivity contribution in [3.8, 4) is 0 Å². The van der Waals surface area contributed by atoms with E-state index in [2.05, 4.69) is 31.9 Å². The molecule has 82 heavy (non-hydrogen) atoms. The lowest BCUT2D eigenvalue weighted by Crippen LogP contribution is -2.54. The average Bonchev–Trinajstić information content (AvgIpc) is 2.51. The maximum atomic E-state index is 14.6. The molecule has 6 atom stereocenters. The second kappa shape index (κ2) is 32.5. The number of urea groups is 1. The van der Waals surface area contributed by atoms with Gasteiger partial charge in [0.05, 0.1) is 36.1 Å². The van der Waals surface area contributed by atoms with Crippen LogP contribution in [0.5, 0.6) is 0 Å². The smallest absolute Gasteiger partial charge is 0.407 e. The van der Waals surface area contributed by atoms with Gasteiger partial charge in [0.15, 0.2) is 12.1 Å². The van der Waals surface area contributed by atoms with Gasteiger partial charge in [-0.05, 0) is 105 Å². The maximum Gasteiger partial charge on any atom is 0.407 e. The quantitative estimate of drug-likeness (QED) is 0.0211. The summed E-state index contributed by atoms with van der Waals surface area (Å²) in [7, 11) is 0. The number of alkyl carbamates (subject to hydrolysis) is 2. The number of carbonyl (C=O) groups excluding carboxylic acids is 8. The Labute approximate surface area is 482 Å². The molecule has 0 bridgehead atoms. The molecule has 8 amide bonds. The van der Waals surface area contributed by atoms with Crippen molar-refractivity contribution in [2.75, 3.05) is 44.7 Å². The Morgan fingerprint density at radius 3 is 2.10 bits per heavy atom. The molecular weight excluding hydrogens is 1080 g/mol. The van der Waals surface area contributed by atoms with Gasteiger partial charge in [-0.25, -0.2) is 14.4 Å². The number of nitrogens with one attached hydrogen (secondary N) is 6. The number of primary amides is 1. The Hall–Kier alpha value is -7.92.